The van der Waals surface area contributed by atoms with Crippen LogP contribution in [0, 0.1) is 11.3 Å². The van der Waals surface area contributed by atoms with Crippen LogP contribution in [0.2, 0.25) is 0 Å². The van der Waals surface area contributed by atoms with Crippen molar-refractivity contribution in [1.29, 1.82) is 5.26 Å². The first kappa shape index (κ1) is 29.8. The average molecular weight is 585 g/mol. The molecule has 3 aromatic rings. The molecule has 0 radical (unpaired) electrons. The molecule has 2 heterocycles. The Hall–Kier alpha value is -3.69. The number of nitrogens with one attached hydrogen (secondary N) is 1. The van der Waals surface area contributed by atoms with E-state index in [9.17, 15) is 18.0 Å². The van der Waals surface area contributed by atoms with E-state index in [0.29, 0.717) is 11.3 Å². The summed E-state index contributed by atoms with van der Waals surface area (Å²) in [6.45, 7) is 3.55. The van der Waals surface area contributed by atoms with Crippen LogP contribution in [0.1, 0.15) is 54.7 Å². The van der Waals surface area contributed by atoms with Crippen LogP contribution in [0.4, 0.5) is 13.2 Å². The van der Waals surface area contributed by atoms with E-state index >= 15 is 0 Å². The first-order chi connectivity index (χ1) is 20.0. The minimum absolute atomic E-state index is 0.0623. The second-order valence-electron chi connectivity index (χ2n) is 10.9. The summed E-state index contributed by atoms with van der Waals surface area (Å²) in [6.07, 6.45) is -4.62. The van der Waals surface area contributed by atoms with E-state index in [2.05, 4.69) is 11.4 Å². The minimum Gasteiger partial charge on any atom is -0.467 e. The van der Waals surface area contributed by atoms with Gasteiger partial charge in [0, 0.05) is 12.8 Å². The van der Waals surface area contributed by atoms with Gasteiger partial charge in [0.15, 0.2) is 11.4 Å². The minimum atomic E-state index is -4.52. The fraction of sp³-hybridized carbons (Fsp3) is 0.419. The first-order valence-corrected chi connectivity index (χ1v) is 13.5. The standard InChI is InChI=1S/C31H31F3N2O6/c1-29(2)41-26-15-30(28(37)36-17-24-7-4-12-38-24,40-19-22-5-3-6-23(13-22)31(32,33)34)14-25(27(26)42-29)39-18-21-10-8-20(16-35)9-11-21/h3-13,25-27H,14-15,17-19H2,1-2H3,(H,36,37)/t25?,26-,27+,30-/m1/s1. The molecule has 1 saturated carbocycles. The van der Waals surface area contributed by atoms with Crippen molar-refractivity contribution in [3.8, 4) is 6.07 Å². The first-order valence-electron chi connectivity index (χ1n) is 13.5. The fourth-order valence-electron chi connectivity index (χ4n) is 5.39. The number of nitrogens with zero attached hydrogens (tertiary/aromatic N) is 1. The summed E-state index contributed by atoms with van der Waals surface area (Å²) >= 11 is 0. The number of carbonyl (C=O) groups is 1. The highest BCUT2D eigenvalue weighted by molar-refractivity contribution is 5.85. The number of benzene rings is 2. The zero-order chi connectivity index (χ0) is 30.0. The molecule has 5 rings (SSSR count). The lowest BCUT2D eigenvalue weighted by Crippen LogP contribution is -2.59. The molecule has 4 atom stereocenters. The van der Waals surface area contributed by atoms with Crippen LogP contribution in [0.15, 0.2) is 71.3 Å². The van der Waals surface area contributed by atoms with Gasteiger partial charge in [0.25, 0.3) is 5.91 Å². The molecule has 42 heavy (non-hydrogen) atoms. The van der Waals surface area contributed by atoms with Gasteiger partial charge in [-0.1, -0.05) is 24.3 Å². The maximum atomic E-state index is 13.9. The Kier molecular flexibility index (Phi) is 8.44. The van der Waals surface area contributed by atoms with Crippen molar-refractivity contribution in [2.24, 2.45) is 0 Å². The van der Waals surface area contributed by atoms with Gasteiger partial charge in [0.1, 0.15) is 11.9 Å². The smallest absolute Gasteiger partial charge is 0.416 e. The van der Waals surface area contributed by atoms with E-state index in [0.717, 1.165) is 17.7 Å². The third kappa shape index (κ3) is 6.85. The topological polar surface area (TPSA) is 103 Å². The Labute approximate surface area is 241 Å². The number of alkyl halides is 3. The summed E-state index contributed by atoms with van der Waals surface area (Å²) in [5, 5.41) is 11.9. The van der Waals surface area contributed by atoms with E-state index in [1.165, 1.54) is 18.4 Å². The van der Waals surface area contributed by atoms with Crippen LogP contribution in [0.3, 0.4) is 0 Å². The maximum Gasteiger partial charge on any atom is 0.416 e. The van der Waals surface area contributed by atoms with Crippen molar-refractivity contribution in [2.75, 3.05) is 0 Å². The molecule has 1 aliphatic heterocycles. The van der Waals surface area contributed by atoms with Crippen molar-refractivity contribution in [2.45, 2.75) is 82.3 Å². The third-order valence-electron chi connectivity index (χ3n) is 7.38. The van der Waals surface area contributed by atoms with Gasteiger partial charge in [-0.2, -0.15) is 18.4 Å². The Balaban J connectivity index is 1.41. The molecule has 222 valence electrons. The van der Waals surface area contributed by atoms with Gasteiger partial charge in [-0.05, 0) is 61.4 Å². The molecular formula is C31H31F3N2O6. The number of rotatable bonds is 9. The highest BCUT2D eigenvalue weighted by Gasteiger charge is 2.58. The van der Waals surface area contributed by atoms with Crippen molar-refractivity contribution in [1.82, 2.24) is 5.32 Å². The molecule has 1 aliphatic carbocycles. The zero-order valence-electron chi connectivity index (χ0n) is 23.1. The van der Waals surface area contributed by atoms with Crippen LogP contribution in [0.5, 0.6) is 0 Å². The van der Waals surface area contributed by atoms with Gasteiger partial charge in [-0.3, -0.25) is 4.79 Å². The second kappa shape index (κ2) is 11.9. The van der Waals surface area contributed by atoms with Crippen LogP contribution in [-0.2, 0) is 49.7 Å². The molecule has 2 fully saturated rings. The zero-order valence-corrected chi connectivity index (χ0v) is 23.1. The molecule has 1 saturated heterocycles. The predicted octanol–water partition coefficient (Wildman–Crippen LogP) is 5.64. The van der Waals surface area contributed by atoms with Gasteiger partial charge in [-0.25, -0.2) is 0 Å². The summed E-state index contributed by atoms with van der Waals surface area (Å²) in [7, 11) is 0. The summed E-state index contributed by atoms with van der Waals surface area (Å²) < 4.78 is 70.4. The summed E-state index contributed by atoms with van der Waals surface area (Å²) in [5.41, 5.74) is -0.722. The normalized spacial score (nSPS) is 25.0. The lowest BCUT2D eigenvalue weighted by atomic mass is 9.78. The van der Waals surface area contributed by atoms with Crippen molar-refractivity contribution >= 4 is 5.91 Å². The molecule has 0 bridgehead atoms. The van der Waals surface area contributed by atoms with Crippen LogP contribution in [0.25, 0.3) is 0 Å². The monoisotopic (exact) mass is 584 g/mol. The lowest BCUT2D eigenvalue weighted by Gasteiger charge is -2.43. The highest BCUT2D eigenvalue weighted by Crippen LogP contribution is 2.44. The molecule has 1 N–H and O–H groups in total. The summed E-state index contributed by atoms with van der Waals surface area (Å²) in [5.74, 6) is -0.891. The van der Waals surface area contributed by atoms with Gasteiger partial charge < -0.3 is 28.7 Å². The number of furan rings is 1. The number of fused-ring (bicyclic) bond motifs is 1. The van der Waals surface area contributed by atoms with E-state index in [1.54, 1.807) is 50.2 Å². The van der Waals surface area contributed by atoms with Gasteiger partial charge >= 0.3 is 6.18 Å². The molecule has 8 nitrogen and oxygen atoms in total. The average Bonchev–Trinajstić information content (AvgIpc) is 3.59. The molecule has 1 aromatic heterocycles. The fourth-order valence-corrected chi connectivity index (χ4v) is 5.39. The number of amides is 1. The predicted molar refractivity (Wildman–Crippen MR) is 142 cm³/mol. The van der Waals surface area contributed by atoms with Crippen LogP contribution < -0.4 is 5.32 Å². The molecule has 2 aromatic carbocycles. The van der Waals surface area contributed by atoms with Gasteiger partial charge in [-0.15, -0.1) is 0 Å². The van der Waals surface area contributed by atoms with E-state index in [4.69, 9.17) is 28.6 Å². The number of carbonyl (C=O) groups excluding carboxylic acids is 1. The number of halogens is 3. The van der Waals surface area contributed by atoms with Crippen LogP contribution in [-0.4, -0.2) is 35.6 Å². The molecular weight excluding hydrogens is 553 g/mol. The van der Waals surface area contributed by atoms with Gasteiger partial charge in [0.2, 0.25) is 0 Å². The van der Waals surface area contributed by atoms with Crippen molar-refractivity contribution < 1.29 is 41.3 Å². The maximum absolute atomic E-state index is 13.9. The van der Waals surface area contributed by atoms with E-state index < -0.39 is 47.3 Å². The Morgan fingerprint density at radius 3 is 2.52 bits per heavy atom. The quantitative estimate of drug-likeness (QED) is 0.347. The number of hydrogen-bond acceptors (Lipinski definition) is 7. The lowest BCUT2D eigenvalue weighted by molar-refractivity contribution is -0.183. The Morgan fingerprint density at radius 1 is 1.05 bits per heavy atom. The van der Waals surface area contributed by atoms with Gasteiger partial charge in [0.05, 0.1) is 55.4 Å². The van der Waals surface area contributed by atoms with E-state index in [1.807, 2.05) is 0 Å². The third-order valence-corrected chi connectivity index (χ3v) is 7.38. The van der Waals surface area contributed by atoms with Crippen molar-refractivity contribution in [3.63, 3.8) is 0 Å². The molecule has 2 aliphatic rings. The molecule has 1 unspecified atom stereocenters. The van der Waals surface area contributed by atoms with Crippen molar-refractivity contribution in [3.05, 3.63) is 94.9 Å². The second-order valence-corrected chi connectivity index (χ2v) is 10.9. The largest absolute Gasteiger partial charge is 0.467 e. The summed E-state index contributed by atoms with van der Waals surface area (Å²) in [6, 6.07) is 17.2. The summed E-state index contributed by atoms with van der Waals surface area (Å²) in [4.78, 5) is 13.9. The number of hydrogen-bond donors (Lipinski definition) is 1. The number of ether oxygens (including phenoxy) is 4. The Bertz CT molecular complexity index is 1420. The molecule has 0 spiro atoms. The molecule has 1 amide bonds. The molecule has 11 heteroatoms. The number of nitriles is 1. The highest BCUT2D eigenvalue weighted by atomic mass is 19.4. The Morgan fingerprint density at radius 2 is 1.83 bits per heavy atom. The van der Waals surface area contributed by atoms with Crippen LogP contribution >= 0.6 is 0 Å². The SMILES string of the molecule is CC1(C)O[C@@H]2C[C@@](OCc3cccc(C(F)(F)F)c3)(C(=O)NCc3ccco3)CC(OCc3ccc(C#N)cc3)[C@@H]2O1. The van der Waals surface area contributed by atoms with E-state index in [-0.39, 0.29) is 38.2 Å².